The molecule has 0 bridgehead atoms. The predicted octanol–water partition coefficient (Wildman–Crippen LogP) is 15.2. The average Bonchev–Trinajstić information content (AvgIpc) is 3.17. The van der Waals surface area contributed by atoms with Crippen LogP contribution in [-0.4, -0.2) is 37.9 Å². The van der Waals surface area contributed by atoms with Crippen molar-refractivity contribution in [3.63, 3.8) is 0 Å². The Hall–Kier alpha value is -2.14. The van der Waals surface area contributed by atoms with Crippen molar-refractivity contribution < 1.29 is 23.8 Å². The molecule has 0 aromatic rings. The van der Waals surface area contributed by atoms with Crippen LogP contribution in [0, 0.1) is 0 Å². The van der Waals surface area contributed by atoms with Gasteiger partial charge in [0.25, 0.3) is 0 Å². The third-order valence-corrected chi connectivity index (χ3v) is 9.84. The van der Waals surface area contributed by atoms with E-state index in [0.717, 1.165) is 70.6 Å². The van der Waals surface area contributed by atoms with E-state index in [-0.39, 0.29) is 25.2 Å². The summed E-state index contributed by atoms with van der Waals surface area (Å²) in [5, 5.41) is 0. The summed E-state index contributed by atoms with van der Waals surface area (Å²) >= 11 is 0. The van der Waals surface area contributed by atoms with Crippen LogP contribution in [0.3, 0.4) is 0 Å². The summed E-state index contributed by atoms with van der Waals surface area (Å²) in [4.78, 5) is 25.2. The van der Waals surface area contributed by atoms with Crippen LogP contribution in [0.5, 0.6) is 0 Å². The van der Waals surface area contributed by atoms with Gasteiger partial charge in [-0.1, -0.05) is 179 Å². The zero-order valence-corrected chi connectivity index (χ0v) is 36.0. The molecule has 0 radical (unpaired) electrons. The smallest absolute Gasteiger partial charge is 0.306 e. The van der Waals surface area contributed by atoms with E-state index in [2.05, 4.69) is 69.4 Å². The molecule has 0 spiro atoms. The number of hydrogen-bond acceptors (Lipinski definition) is 5. The van der Waals surface area contributed by atoms with Gasteiger partial charge in [-0.25, -0.2) is 0 Å². The van der Waals surface area contributed by atoms with Crippen LogP contribution in [0.2, 0.25) is 0 Å². The van der Waals surface area contributed by atoms with E-state index in [4.69, 9.17) is 14.2 Å². The van der Waals surface area contributed by atoms with Crippen LogP contribution < -0.4 is 0 Å². The van der Waals surface area contributed by atoms with Crippen LogP contribution in [0.4, 0.5) is 0 Å². The fourth-order valence-electron chi connectivity index (χ4n) is 6.33. The molecule has 5 heteroatoms. The minimum Gasteiger partial charge on any atom is -0.462 e. The third kappa shape index (κ3) is 42.6. The number of rotatable bonds is 42. The zero-order chi connectivity index (χ0) is 39.3. The number of carbonyl (C=O) groups is 2. The van der Waals surface area contributed by atoms with Crippen molar-refractivity contribution in [2.75, 3.05) is 19.8 Å². The van der Waals surface area contributed by atoms with Crippen molar-refractivity contribution in [3.8, 4) is 0 Å². The summed E-state index contributed by atoms with van der Waals surface area (Å²) in [5.41, 5.74) is 0. The summed E-state index contributed by atoms with van der Waals surface area (Å²) in [7, 11) is 0. The average molecular weight is 757 g/mol. The number of unbranched alkanes of at least 4 members (excludes halogenated alkanes) is 23. The highest BCUT2D eigenvalue weighted by Gasteiger charge is 2.17. The van der Waals surface area contributed by atoms with E-state index in [1.165, 1.54) is 122 Å². The first kappa shape index (κ1) is 51.9. The number of ether oxygens (including phenoxy) is 3. The largest absolute Gasteiger partial charge is 0.462 e. The van der Waals surface area contributed by atoms with E-state index in [1.807, 2.05) is 0 Å². The summed E-state index contributed by atoms with van der Waals surface area (Å²) in [6.45, 7) is 7.72. The van der Waals surface area contributed by atoms with Gasteiger partial charge in [-0.15, -0.1) is 0 Å². The lowest BCUT2D eigenvalue weighted by Gasteiger charge is -2.18. The van der Waals surface area contributed by atoms with E-state index in [0.29, 0.717) is 19.4 Å². The molecule has 1 atom stereocenters. The SMILES string of the molecule is CCCCC/C=C\C/C=C\CCCCCCCCCC(=O)OCC(COCCCCCCCC)OC(=O)CCCCCCC/C=C\C/C=C\CCCCC. The molecule has 0 heterocycles. The van der Waals surface area contributed by atoms with Gasteiger partial charge in [-0.3, -0.25) is 9.59 Å². The summed E-state index contributed by atoms with van der Waals surface area (Å²) in [6, 6.07) is 0. The number of hydrogen-bond donors (Lipinski definition) is 0. The van der Waals surface area contributed by atoms with Crippen LogP contribution in [0.15, 0.2) is 48.6 Å². The maximum Gasteiger partial charge on any atom is 0.306 e. The Bertz CT molecular complexity index is 904. The maximum absolute atomic E-state index is 12.7. The molecular weight excluding hydrogens is 669 g/mol. The van der Waals surface area contributed by atoms with Gasteiger partial charge in [0.2, 0.25) is 0 Å². The first-order valence-corrected chi connectivity index (χ1v) is 23.2. The molecule has 0 aliphatic heterocycles. The third-order valence-electron chi connectivity index (χ3n) is 9.84. The predicted molar refractivity (Wildman–Crippen MR) is 233 cm³/mol. The van der Waals surface area contributed by atoms with E-state index in [9.17, 15) is 9.59 Å². The highest BCUT2D eigenvalue weighted by Crippen LogP contribution is 2.13. The number of carbonyl (C=O) groups excluding carboxylic acids is 2. The fraction of sp³-hybridized carbons (Fsp3) is 0.796. The number of esters is 2. The summed E-state index contributed by atoms with van der Waals surface area (Å²) < 4.78 is 17.2. The lowest BCUT2D eigenvalue weighted by atomic mass is 10.1. The molecule has 0 aliphatic carbocycles. The Morgan fingerprint density at radius 2 is 0.778 bits per heavy atom. The molecule has 0 aromatic carbocycles. The van der Waals surface area contributed by atoms with E-state index >= 15 is 0 Å². The first-order valence-electron chi connectivity index (χ1n) is 23.2. The second-order valence-electron chi connectivity index (χ2n) is 15.3. The molecule has 0 saturated carbocycles. The number of allylic oxidation sites excluding steroid dienone is 8. The Kier molecular flexibility index (Phi) is 43.5. The topological polar surface area (TPSA) is 61.8 Å². The van der Waals surface area contributed by atoms with Gasteiger partial charge in [-0.2, -0.15) is 0 Å². The zero-order valence-electron chi connectivity index (χ0n) is 36.0. The summed E-state index contributed by atoms with van der Waals surface area (Å²) in [5.74, 6) is -0.422. The fourth-order valence-corrected chi connectivity index (χ4v) is 6.33. The molecule has 0 aromatic heterocycles. The monoisotopic (exact) mass is 757 g/mol. The molecule has 0 amide bonds. The molecule has 5 nitrogen and oxygen atoms in total. The lowest BCUT2D eigenvalue weighted by Crippen LogP contribution is -2.30. The highest BCUT2D eigenvalue weighted by atomic mass is 16.6. The van der Waals surface area contributed by atoms with E-state index < -0.39 is 6.10 Å². The standard InChI is InChI=1S/C49H88O5/c1-4-7-10-13-16-18-20-22-24-25-27-28-30-32-34-36-39-42-48(50)53-46-47(45-52-44-41-38-15-12-9-6-3)54-49(51)43-40-37-35-33-31-29-26-23-21-19-17-14-11-8-5-2/h16-19,22-24,26,47H,4-15,20-21,25,27-46H2,1-3H3/b18-16-,19-17-,24-22-,26-23-. The van der Waals surface area contributed by atoms with Crippen molar-refractivity contribution in [2.24, 2.45) is 0 Å². The minimum atomic E-state index is -0.540. The minimum absolute atomic E-state index is 0.0763. The molecule has 0 rings (SSSR count). The van der Waals surface area contributed by atoms with Gasteiger partial charge in [-0.05, 0) is 83.5 Å². The van der Waals surface area contributed by atoms with Crippen LogP contribution in [0.25, 0.3) is 0 Å². The van der Waals surface area contributed by atoms with Gasteiger partial charge < -0.3 is 14.2 Å². The second-order valence-corrected chi connectivity index (χ2v) is 15.3. The molecule has 0 N–H and O–H groups in total. The Morgan fingerprint density at radius 3 is 1.26 bits per heavy atom. The van der Waals surface area contributed by atoms with Gasteiger partial charge >= 0.3 is 11.9 Å². The molecule has 0 aliphatic rings. The van der Waals surface area contributed by atoms with Crippen molar-refractivity contribution >= 4 is 11.9 Å². The van der Waals surface area contributed by atoms with Gasteiger partial charge in [0.1, 0.15) is 6.61 Å². The Balaban J connectivity index is 4.14. The highest BCUT2D eigenvalue weighted by molar-refractivity contribution is 5.70. The lowest BCUT2D eigenvalue weighted by molar-refractivity contribution is -0.163. The first-order chi connectivity index (χ1) is 26.6. The van der Waals surface area contributed by atoms with Gasteiger partial charge in [0.05, 0.1) is 6.61 Å². The Morgan fingerprint density at radius 1 is 0.407 bits per heavy atom. The molecule has 54 heavy (non-hydrogen) atoms. The van der Waals surface area contributed by atoms with Crippen molar-refractivity contribution in [3.05, 3.63) is 48.6 Å². The maximum atomic E-state index is 12.7. The molecular formula is C49H88O5. The van der Waals surface area contributed by atoms with Crippen LogP contribution >= 0.6 is 0 Å². The molecule has 314 valence electrons. The van der Waals surface area contributed by atoms with Gasteiger partial charge in [0, 0.05) is 19.4 Å². The summed E-state index contributed by atoms with van der Waals surface area (Å²) in [6.07, 6.45) is 54.0. The van der Waals surface area contributed by atoms with Gasteiger partial charge in [0.15, 0.2) is 6.10 Å². The normalized spacial score (nSPS) is 12.6. The Labute approximate surface area is 335 Å². The molecule has 1 unspecified atom stereocenters. The molecule has 0 fully saturated rings. The molecule has 0 saturated heterocycles. The van der Waals surface area contributed by atoms with E-state index in [1.54, 1.807) is 0 Å². The van der Waals surface area contributed by atoms with Crippen LogP contribution in [-0.2, 0) is 23.8 Å². The quantitative estimate of drug-likeness (QED) is 0.0353. The van der Waals surface area contributed by atoms with Crippen molar-refractivity contribution in [1.29, 1.82) is 0 Å². The van der Waals surface area contributed by atoms with Crippen LogP contribution in [0.1, 0.15) is 226 Å². The van der Waals surface area contributed by atoms with Crippen molar-refractivity contribution in [2.45, 2.75) is 232 Å². The van der Waals surface area contributed by atoms with Crippen molar-refractivity contribution in [1.82, 2.24) is 0 Å². The second kappa shape index (κ2) is 45.3.